The van der Waals surface area contributed by atoms with Crippen LogP contribution >= 0.6 is 31.9 Å². The molecule has 142 valence electrons. The molecule has 6 heteroatoms. The van der Waals surface area contributed by atoms with Crippen molar-refractivity contribution in [3.05, 3.63) is 0 Å². The highest BCUT2D eigenvalue weighted by atomic mass is 79.9. The van der Waals surface area contributed by atoms with E-state index < -0.39 is 6.29 Å². The molecule has 0 aliphatic rings. The van der Waals surface area contributed by atoms with Crippen molar-refractivity contribution >= 4 is 43.8 Å². The fraction of sp³-hybridized carbons (Fsp3) is 0.889. The summed E-state index contributed by atoms with van der Waals surface area (Å²) >= 11 is 6.72. The summed E-state index contributed by atoms with van der Waals surface area (Å²) in [6, 6.07) is 0. The zero-order valence-electron chi connectivity index (χ0n) is 15.2. The Balaban J connectivity index is 4.55. The van der Waals surface area contributed by atoms with Crippen molar-refractivity contribution in [3.63, 3.8) is 0 Å². The van der Waals surface area contributed by atoms with Crippen molar-refractivity contribution in [2.45, 2.75) is 101 Å². The van der Waals surface area contributed by atoms with Gasteiger partial charge in [0.2, 0.25) is 6.29 Å². The number of halogens is 2. The van der Waals surface area contributed by atoms with Crippen LogP contribution in [0.1, 0.15) is 85.0 Å². The molecule has 0 heterocycles. The van der Waals surface area contributed by atoms with Gasteiger partial charge in [0.05, 0.1) is 0 Å². The minimum absolute atomic E-state index is 0.343. The average Bonchev–Trinajstić information content (AvgIpc) is 2.57. The van der Waals surface area contributed by atoms with Gasteiger partial charge in [-0.3, -0.25) is 9.59 Å². The second-order valence-electron chi connectivity index (χ2n) is 6.02. The number of carbonyl (C=O) groups excluding carboxylic acids is 2. The number of rotatable bonds is 14. The van der Waals surface area contributed by atoms with E-state index in [0.717, 1.165) is 57.8 Å². The van der Waals surface area contributed by atoms with Gasteiger partial charge < -0.3 is 9.47 Å². The first-order chi connectivity index (χ1) is 11.5. The van der Waals surface area contributed by atoms with Crippen molar-refractivity contribution in [1.29, 1.82) is 0 Å². The molecule has 0 saturated carbocycles. The van der Waals surface area contributed by atoms with Crippen LogP contribution in [0.4, 0.5) is 0 Å². The van der Waals surface area contributed by atoms with Crippen LogP contribution in [0.5, 0.6) is 0 Å². The fourth-order valence-electron chi connectivity index (χ4n) is 2.11. The smallest absolute Gasteiger partial charge is 0.322 e. The number of unbranched alkanes of at least 4 members (excludes halogenated alkanes) is 4. The van der Waals surface area contributed by atoms with Crippen LogP contribution in [0.25, 0.3) is 0 Å². The van der Waals surface area contributed by atoms with Gasteiger partial charge in [-0.05, 0) is 19.3 Å². The molecule has 0 fully saturated rings. The molecule has 0 aromatic carbocycles. The van der Waals surface area contributed by atoms with Crippen molar-refractivity contribution in [2.75, 3.05) is 0 Å². The second-order valence-corrected chi connectivity index (χ2v) is 8.23. The Hall–Kier alpha value is -0.100. The molecule has 0 aliphatic carbocycles. The molecule has 0 rings (SSSR count). The first-order valence-electron chi connectivity index (χ1n) is 9.15. The van der Waals surface area contributed by atoms with Crippen molar-refractivity contribution in [3.8, 4) is 0 Å². The maximum atomic E-state index is 12.1. The van der Waals surface area contributed by atoms with E-state index in [9.17, 15) is 9.59 Å². The third kappa shape index (κ3) is 11.5. The van der Waals surface area contributed by atoms with Gasteiger partial charge in [0, 0.05) is 6.42 Å². The Labute approximate surface area is 163 Å². The molecule has 24 heavy (non-hydrogen) atoms. The van der Waals surface area contributed by atoms with Crippen LogP contribution in [0.3, 0.4) is 0 Å². The van der Waals surface area contributed by atoms with Gasteiger partial charge in [0.25, 0.3) is 0 Å². The van der Waals surface area contributed by atoms with E-state index in [1.165, 1.54) is 0 Å². The Morgan fingerprint density at radius 3 is 1.50 bits per heavy atom. The molecule has 0 radical (unpaired) electrons. The molecular formula is C18H32Br2O4. The number of hydrogen-bond donors (Lipinski definition) is 0. The van der Waals surface area contributed by atoms with Gasteiger partial charge in [-0.25, -0.2) is 0 Å². The van der Waals surface area contributed by atoms with Gasteiger partial charge in [0.15, 0.2) is 0 Å². The summed E-state index contributed by atoms with van der Waals surface area (Å²) in [4.78, 5) is 23.6. The number of carbonyl (C=O) groups is 2. The van der Waals surface area contributed by atoms with E-state index in [1.54, 1.807) is 0 Å². The van der Waals surface area contributed by atoms with Crippen LogP contribution in [-0.4, -0.2) is 27.9 Å². The van der Waals surface area contributed by atoms with E-state index in [0.29, 0.717) is 6.42 Å². The van der Waals surface area contributed by atoms with E-state index in [-0.39, 0.29) is 21.6 Å². The highest BCUT2D eigenvalue weighted by Crippen LogP contribution is 2.18. The predicted octanol–water partition coefficient (Wildman–Crippen LogP) is 5.89. The summed E-state index contributed by atoms with van der Waals surface area (Å²) in [6.45, 7) is 6.26. The molecule has 0 aromatic rings. The molecule has 0 amide bonds. The van der Waals surface area contributed by atoms with Crippen LogP contribution in [0.15, 0.2) is 0 Å². The molecule has 0 bridgehead atoms. The monoisotopic (exact) mass is 470 g/mol. The third-order valence-corrected chi connectivity index (χ3v) is 5.34. The highest BCUT2D eigenvalue weighted by molar-refractivity contribution is 9.10. The molecule has 0 spiro atoms. The van der Waals surface area contributed by atoms with Gasteiger partial charge in [-0.2, -0.15) is 0 Å². The molecule has 0 saturated heterocycles. The lowest BCUT2D eigenvalue weighted by molar-refractivity contribution is -0.188. The summed E-state index contributed by atoms with van der Waals surface area (Å²) in [5.74, 6) is -0.699. The van der Waals surface area contributed by atoms with Crippen molar-refractivity contribution in [1.82, 2.24) is 0 Å². The van der Waals surface area contributed by atoms with Crippen LogP contribution in [0, 0.1) is 0 Å². The minimum atomic E-state index is -0.792. The quantitative estimate of drug-likeness (QED) is 0.137. The lowest BCUT2D eigenvalue weighted by Gasteiger charge is -2.21. The zero-order chi connectivity index (χ0) is 18.4. The van der Waals surface area contributed by atoms with Crippen molar-refractivity contribution in [2.24, 2.45) is 0 Å². The highest BCUT2D eigenvalue weighted by Gasteiger charge is 2.25. The second kappa shape index (κ2) is 15.2. The normalized spacial score (nSPS) is 14.7. The number of alkyl halides is 2. The topological polar surface area (TPSA) is 52.6 Å². The third-order valence-electron chi connectivity index (χ3n) is 3.67. The predicted molar refractivity (Wildman–Crippen MR) is 105 cm³/mol. The lowest BCUT2D eigenvalue weighted by atomic mass is 10.2. The fourth-order valence-corrected chi connectivity index (χ4v) is 2.98. The van der Waals surface area contributed by atoms with Gasteiger partial charge in [-0.1, -0.05) is 91.2 Å². The Bertz CT molecular complexity index is 322. The standard InChI is InChI=1S/C18H32Br2O4/c1-4-7-10-13-16(23-17(21)14(19)11-8-5-2)24-18(22)15(20)12-9-6-3/h14-16H,4-13H2,1-3H3. The van der Waals surface area contributed by atoms with E-state index in [4.69, 9.17) is 9.47 Å². The molecule has 0 aromatic heterocycles. The Kier molecular flexibility index (Phi) is 15.1. The summed E-state index contributed by atoms with van der Waals surface area (Å²) in [6.07, 6.45) is 8.09. The van der Waals surface area contributed by atoms with E-state index in [1.807, 2.05) is 0 Å². The first-order valence-corrected chi connectivity index (χ1v) is 11.0. The summed E-state index contributed by atoms with van der Waals surface area (Å²) in [5, 5.41) is 0. The molecule has 2 atom stereocenters. The SMILES string of the molecule is CCCCCC(OC(=O)C(Br)CCCC)OC(=O)C(Br)CCCC. The Morgan fingerprint density at radius 1 is 0.708 bits per heavy atom. The van der Waals surface area contributed by atoms with Gasteiger partial charge in [0.1, 0.15) is 9.65 Å². The minimum Gasteiger partial charge on any atom is -0.424 e. The van der Waals surface area contributed by atoms with Crippen LogP contribution in [0.2, 0.25) is 0 Å². The zero-order valence-corrected chi connectivity index (χ0v) is 18.4. The first kappa shape index (κ1) is 23.9. The van der Waals surface area contributed by atoms with Crippen LogP contribution < -0.4 is 0 Å². The molecule has 0 aliphatic heterocycles. The van der Waals surface area contributed by atoms with E-state index in [2.05, 4.69) is 52.6 Å². The summed E-state index contributed by atoms with van der Waals surface area (Å²) < 4.78 is 10.9. The largest absolute Gasteiger partial charge is 0.424 e. The van der Waals surface area contributed by atoms with Gasteiger partial charge >= 0.3 is 11.9 Å². The average molecular weight is 472 g/mol. The molecule has 4 nitrogen and oxygen atoms in total. The maximum absolute atomic E-state index is 12.1. The Morgan fingerprint density at radius 2 is 1.12 bits per heavy atom. The number of esters is 2. The number of hydrogen-bond acceptors (Lipinski definition) is 4. The summed E-state index contributed by atoms with van der Waals surface area (Å²) in [5.41, 5.74) is 0. The number of ether oxygens (including phenoxy) is 2. The molecule has 2 unspecified atom stereocenters. The van der Waals surface area contributed by atoms with Gasteiger partial charge in [-0.15, -0.1) is 0 Å². The maximum Gasteiger partial charge on any atom is 0.322 e. The summed E-state index contributed by atoms with van der Waals surface area (Å²) in [7, 11) is 0. The van der Waals surface area contributed by atoms with E-state index >= 15 is 0 Å². The lowest BCUT2D eigenvalue weighted by Crippen LogP contribution is -2.31. The molecular weight excluding hydrogens is 440 g/mol. The van der Waals surface area contributed by atoms with Crippen LogP contribution in [-0.2, 0) is 19.1 Å². The van der Waals surface area contributed by atoms with Crippen molar-refractivity contribution < 1.29 is 19.1 Å². The molecule has 0 N–H and O–H groups in total.